The predicted octanol–water partition coefficient (Wildman–Crippen LogP) is -7.33. The molecule has 0 spiro atoms. The Morgan fingerprint density at radius 1 is 0.682 bits per heavy atom. The number of hydrogen-bond donors (Lipinski definition) is 1. The van der Waals surface area contributed by atoms with Crippen molar-refractivity contribution in [2.24, 2.45) is 0 Å². The van der Waals surface area contributed by atoms with E-state index >= 15 is 0 Å². The van der Waals surface area contributed by atoms with Crippen LogP contribution < -0.4 is 4.16 Å². The van der Waals surface area contributed by atoms with Gasteiger partial charge in [0.1, 0.15) is 0 Å². The van der Waals surface area contributed by atoms with Gasteiger partial charge >= 0.3 is 137 Å². The number of rotatable bonds is 0. The summed E-state index contributed by atoms with van der Waals surface area (Å²) in [6.07, 6.45) is 0. The van der Waals surface area contributed by atoms with Gasteiger partial charge in [-0.1, -0.05) is 0 Å². The third-order valence-corrected chi connectivity index (χ3v) is 0. The van der Waals surface area contributed by atoms with Crippen LogP contribution in [-0.4, -0.2) is 187 Å². The Hall–Kier alpha value is 3.48. The van der Waals surface area contributed by atoms with Crippen molar-refractivity contribution in [1.29, 1.82) is 0 Å². The van der Waals surface area contributed by atoms with E-state index in [2.05, 4.69) is 0 Å². The predicted molar refractivity (Wildman–Crippen MR) is 60.6 cm³/mol. The molecule has 0 unspecified atom stereocenters. The van der Waals surface area contributed by atoms with Crippen LogP contribution in [0.3, 0.4) is 0 Å². The summed E-state index contributed by atoms with van der Waals surface area (Å²) in [7, 11) is -15.2. The maximum absolute atomic E-state index is 8.63. The molecule has 0 saturated heterocycles. The minimum absolute atomic E-state index is 0. The van der Waals surface area contributed by atoms with Crippen LogP contribution in [0.1, 0.15) is 0 Å². The van der Waals surface area contributed by atoms with Gasteiger partial charge in [0.25, 0.3) is 0 Å². The van der Waals surface area contributed by atoms with Crippen molar-refractivity contribution in [3.8, 4) is 0 Å². The third-order valence-electron chi connectivity index (χ3n) is 0. The van der Waals surface area contributed by atoms with Crippen molar-refractivity contribution < 1.29 is 66.0 Å². The Kier molecular flexibility index (Phi) is 60.7. The molecule has 0 aromatic carbocycles. The van der Waals surface area contributed by atoms with E-state index < -0.39 is 46.7 Å². The van der Waals surface area contributed by atoms with Crippen molar-refractivity contribution in [3.05, 3.63) is 0 Å². The summed E-state index contributed by atoms with van der Waals surface area (Å²) in [6, 6.07) is 0. The van der Waals surface area contributed by atoms with Crippen molar-refractivity contribution in [1.82, 2.24) is 0 Å². The van der Waals surface area contributed by atoms with E-state index in [1.807, 2.05) is 0 Å². The van der Waals surface area contributed by atoms with E-state index in [0.717, 1.165) is 0 Å². The summed E-state index contributed by atoms with van der Waals surface area (Å²) in [5.74, 6) is 0. The molecule has 22 heteroatoms. The zero-order valence-electron chi connectivity index (χ0n) is 10.2. The average molecular weight is 486 g/mol. The van der Waals surface area contributed by atoms with Crippen molar-refractivity contribution >= 4 is 160 Å². The fraction of sp³-hybridized carbons (Fsp3) is 0. The summed E-state index contributed by atoms with van der Waals surface area (Å²) in [4.78, 5) is 0. The van der Waals surface area contributed by atoms with Crippen LogP contribution in [0.25, 0.3) is 0 Å². The molecule has 0 fully saturated rings. The molecule has 15 nitrogen and oxygen atoms in total. The molecular formula is H3AlCa3O15S3. The topological polar surface area (TPSA) is 310 Å². The van der Waals surface area contributed by atoms with Crippen LogP contribution >= 0.6 is 0 Å². The van der Waals surface area contributed by atoms with E-state index in [4.69, 9.17) is 60.5 Å². The first-order valence-electron chi connectivity index (χ1n) is 2.49. The molecule has 0 amide bonds. The van der Waals surface area contributed by atoms with Crippen LogP contribution in [-0.2, 0) is 35.0 Å². The number of hydrogen-bond acceptors (Lipinski definition) is 13. The summed E-state index contributed by atoms with van der Waals surface area (Å²) in [5, 5.41) is 0. The summed E-state index contributed by atoms with van der Waals surface area (Å²) >= 11 is -1.75. The van der Waals surface area contributed by atoms with Gasteiger partial charge in [-0.15, -0.1) is 0 Å². The van der Waals surface area contributed by atoms with E-state index in [1.165, 1.54) is 0 Å². The zero-order valence-corrected chi connectivity index (χ0v) is 20.4. The average Bonchev–Trinajstić information content (AvgIpc) is 1.71. The fourth-order valence-electron chi connectivity index (χ4n) is 0. The first-order chi connectivity index (χ1) is 7.41. The van der Waals surface area contributed by atoms with Crippen LogP contribution in [0.5, 0.6) is 0 Å². The maximum atomic E-state index is 8.63. The Bertz CT molecular complexity index is 391. The van der Waals surface area contributed by atoms with Crippen molar-refractivity contribution in [2.45, 2.75) is 0 Å². The van der Waals surface area contributed by atoms with Gasteiger partial charge in [0.15, 0.2) is 0 Å². The van der Waals surface area contributed by atoms with E-state index in [0.29, 0.717) is 0 Å². The third kappa shape index (κ3) is 979. The second kappa shape index (κ2) is 26.7. The zero-order chi connectivity index (χ0) is 16.2. The first kappa shape index (κ1) is 50.0. The van der Waals surface area contributed by atoms with Gasteiger partial charge in [0.2, 0.25) is 10.4 Å². The molecule has 0 aliphatic rings. The van der Waals surface area contributed by atoms with Gasteiger partial charge in [0, 0.05) is 20.8 Å². The van der Waals surface area contributed by atoms with Gasteiger partial charge in [-0.2, -0.15) is 0 Å². The second-order valence-corrected chi connectivity index (χ2v) is 4.02. The van der Waals surface area contributed by atoms with Gasteiger partial charge < -0.3 is 28.2 Å². The standard InChI is InChI=1S/Al.3Ca.3H2O4S.H2O.2O/c;;;;3*1-5(2,3)4;;;/h;;;;3*(H2,1,2,3,4);1H2;;/q;3*+2;;;;;;-1/p-5. The van der Waals surface area contributed by atoms with Gasteiger partial charge in [-0.3, -0.25) is 21.4 Å². The molecule has 0 aromatic heterocycles. The normalized spacial score (nSPS) is 8.27. The molecule has 0 rings (SSSR count). The van der Waals surface area contributed by atoms with Gasteiger partial charge in [-0.05, 0) is 0 Å². The van der Waals surface area contributed by atoms with Crippen LogP contribution in [0.2, 0.25) is 0 Å². The summed E-state index contributed by atoms with van der Waals surface area (Å²) < 4.78 is 118. The Morgan fingerprint density at radius 3 is 0.682 bits per heavy atom. The molecule has 0 aliphatic heterocycles. The molecule has 0 atom stereocenters. The first-order valence-corrected chi connectivity index (χ1v) is 7.46. The molecule has 0 aliphatic carbocycles. The van der Waals surface area contributed by atoms with Crippen LogP contribution in [0.4, 0.5) is 0 Å². The Labute approximate surface area is 221 Å². The molecule has 0 saturated carbocycles. The summed E-state index contributed by atoms with van der Waals surface area (Å²) in [6.45, 7) is 0. The van der Waals surface area contributed by atoms with E-state index in [1.54, 1.807) is 0 Å². The van der Waals surface area contributed by atoms with Gasteiger partial charge in [0.05, 0.1) is 0 Å². The summed E-state index contributed by atoms with van der Waals surface area (Å²) in [5.41, 5.74) is 0. The molecule has 3 N–H and O–H groups in total. The Balaban J connectivity index is -0.0000000189. The van der Waals surface area contributed by atoms with E-state index in [-0.39, 0.29) is 119 Å². The molecular weight excluding hydrogens is 483 g/mol. The van der Waals surface area contributed by atoms with Crippen LogP contribution in [0, 0.1) is 0 Å². The van der Waals surface area contributed by atoms with Crippen molar-refractivity contribution in [2.75, 3.05) is 0 Å². The monoisotopic (exact) mass is 486 g/mol. The molecule has 120 valence electrons. The molecule has 0 heterocycles. The Morgan fingerprint density at radius 2 is 0.682 bits per heavy atom. The molecule has 22 heavy (non-hydrogen) atoms. The van der Waals surface area contributed by atoms with Gasteiger partial charge in [-0.25, -0.2) is 8.42 Å². The molecule has 0 bridgehead atoms. The molecule has 0 radical (unpaired) electrons. The quantitative estimate of drug-likeness (QED) is 0.189. The van der Waals surface area contributed by atoms with Crippen LogP contribution in [0.15, 0.2) is 0 Å². The fourth-order valence-corrected chi connectivity index (χ4v) is 0. The minimum atomic E-state index is -5.17. The molecule has 0 aromatic rings. The van der Waals surface area contributed by atoms with Crippen molar-refractivity contribution in [3.63, 3.8) is 0 Å². The SMILES string of the molecule is O.O=S(=O)([O-])O.O=S(=O)([O-])[O-].O=S(=O)([O-])[O-].[Ca+2].[Ca+2].[Ca+2].[O]=[Al][O-]. The van der Waals surface area contributed by atoms with E-state index in [9.17, 15) is 0 Å². The second-order valence-electron chi connectivity index (χ2n) is 1.34.